The molecule has 2 aromatic rings. The van der Waals surface area contributed by atoms with Crippen molar-refractivity contribution in [3.05, 3.63) is 78.4 Å². The van der Waals surface area contributed by atoms with Gasteiger partial charge in [-0.1, -0.05) is 49.6 Å². The molecule has 0 aliphatic heterocycles. The summed E-state index contributed by atoms with van der Waals surface area (Å²) in [6, 6.07) is 14.5. The summed E-state index contributed by atoms with van der Waals surface area (Å²) in [6.07, 6.45) is 0.521. The van der Waals surface area contributed by atoms with Crippen molar-refractivity contribution in [2.45, 2.75) is 27.2 Å². The molecular formula is C27H28O7. The molecule has 178 valence electrons. The number of rotatable bonds is 11. The molecule has 0 amide bonds. The van der Waals surface area contributed by atoms with Gasteiger partial charge >= 0.3 is 17.9 Å². The number of ketones is 1. The van der Waals surface area contributed by atoms with Gasteiger partial charge in [0.1, 0.15) is 5.75 Å². The first kappa shape index (κ1) is 26.3. The summed E-state index contributed by atoms with van der Waals surface area (Å²) in [7, 11) is 0. The first-order chi connectivity index (χ1) is 16.1. The van der Waals surface area contributed by atoms with Gasteiger partial charge in [-0.15, -0.1) is 0 Å². The molecule has 0 aliphatic rings. The minimum atomic E-state index is -0.908. The quantitative estimate of drug-likeness (QED) is 0.212. The van der Waals surface area contributed by atoms with Gasteiger partial charge in [0, 0.05) is 24.0 Å². The molecule has 0 fully saturated rings. The van der Waals surface area contributed by atoms with Crippen LogP contribution in [0.15, 0.2) is 72.8 Å². The molecule has 7 heteroatoms. The predicted molar refractivity (Wildman–Crippen MR) is 127 cm³/mol. The zero-order chi connectivity index (χ0) is 25.3. The summed E-state index contributed by atoms with van der Waals surface area (Å²) in [5, 5.41) is 0. The molecule has 7 nitrogen and oxygen atoms in total. The lowest BCUT2D eigenvalue weighted by Gasteiger charge is -2.18. The van der Waals surface area contributed by atoms with Gasteiger partial charge in [-0.05, 0) is 49.1 Å². The molecule has 0 atom stereocenters. The number of benzene rings is 2. The summed E-state index contributed by atoms with van der Waals surface area (Å²) in [5.74, 6) is -2.52. The van der Waals surface area contributed by atoms with Crippen LogP contribution in [0.4, 0.5) is 0 Å². The van der Waals surface area contributed by atoms with E-state index < -0.39 is 23.7 Å². The van der Waals surface area contributed by atoms with Gasteiger partial charge < -0.3 is 14.2 Å². The highest BCUT2D eigenvalue weighted by Crippen LogP contribution is 2.24. The van der Waals surface area contributed by atoms with E-state index in [1.54, 1.807) is 38.1 Å². The molecule has 2 aromatic carbocycles. The van der Waals surface area contributed by atoms with Crippen molar-refractivity contribution in [2.75, 3.05) is 13.2 Å². The normalized spacial score (nSPS) is 10.4. The molecule has 0 aliphatic carbocycles. The van der Waals surface area contributed by atoms with Crippen molar-refractivity contribution >= 4 is 23.7 Å². The molecule has 0 unspecified atom stereocenters. The van der Waals surface area contributed by atoms with E-state index in [0.717, 1.165) is 23.6 Å². The maximum Gasteiger partial charge on any atom is 0.379 e. The van der Waals surface area contributed by atoms with Gasteiger partial charge in [-0.3, -0.25) is 4.79 Å². The van der Waals surface area contributed by atoms with Crippen LogP contribution in [0.25, 0.3) is 11.1 Å². The number of Topliss-reactive ketones (excluding diaryl/α,β-unsaturated/α-hetero) is 1. The zero-order valence-corrected chi connectivity index (χ0v) is 19.6. The Morgan fingerprint density at radius 3 is 1.56 bits per heavy atom. The Labute approximate surface area is 199 Å². The van der Waals surface area contributed by atoms with E-state index in [2.05, 4.69) is 13.2 Å². The molecule has 34 heavy (non-hydrogen) atoms. The van der Waals surface area contributed by atoms with Gasteiger partial charge in [-0.25, -0.2) is 14.4 Å². The fourth-order valence-electron chi connectivity index (χ4n) is 2.86. The highest BCUT2D eigenvalue weighted by molar-refractivity contribution is 6.33. The lowest BCUT2D eigenvalue weighted by Crippen LogP contribution is -2.23. The molecule has 0 aromatic heterocycles. The zero-order valence-electron chi connectivity index (χ0n) is 19.6. The third-order valence-electron chi connectivity index (χ3n) is 4.76. The lowest BCUT2D eigenvalue weighted by atomic mass is 9.98. The fraction of sp³-hybridized carbons (Fsp3) is 0.259. The number of esters is 3. The van der Waals surface area contributed by atoms with E-state index >= 15 is 0 Å². The molecule has 0 saturated carbocycles. The molecule has 0 radical (unpaired) electrons. The minimum Gasteiger partial charge on any atom is -0.462 e. The summed E-state index contributed by atoms with van der Waals surface area (Å²) >= 11 is 0. The molecule has 0 saturated heterocycles. The molecule has 0 bridgehead atoms. The van der Waals surface area contributed by atoms with E-state index in [9.17, 15) is 19.2 Å². The van der Waals surface area contributed by atoms with Crippen LogP contribution in [0.2, 0.25) is 0 Å². The number of hydrogen-bond acceptors (Lipinski definition) is 7. The van der Waals surface area contributed by atoms with Gasteiger partial charge in [0.15, 0.2) is 0 Å². The van der Waals surface area contributed by atoms with Crippen molar-refractivity contribution in [3.63, 3.8) is 0 Å². The Morgan fingerprint density at radius 1 is 0.706 bits per heavy atom. The smallest absolute Gasteiger partial charge is 0.379 e. The van der Waals surface area contributed by atoms with Gasteiger partial charge in [-0.2, -0.15) is 0 Å². The van der Waals surface area contributed by atoms with Crippen LogP contribution >= 0.6 is 0 Å². The van der Waals surface area contributed by atoms with Crippen LogP contribution in [0.5, 0.6) is 5.75 Å². The maximum absolute atomic E-state index is 11.8. The van der Waals surface area contributed by atoms with E-state index in [0.29, 0.717) is 17.6 Å². The molecule has 0 N–H and O–H groups in total. The average molecular weight is 465 g/mol. The number of ether oxygens (including phenoxy) is 3. The monoisotopic (exact) mass is 464 g/mol. The standard InChI is InChI=1S/C27H28O7/c1-17(2)25(29)32-15-21(16-33-26(30)18(3)4)14-20-6-8-22(9-7-20)23-10-12-24(13-11-23)34-27(31)19(5)28/h6-13,21H,1,3,14-16H2,2,4-5H3. The van der Waals surface area contributed by atoms with Crippen LogP contribution < -0.4 is 4.74 Å². The van der Waals surface area contributed by atoms with Crippen LogP contribution in [0.3, 0.4) is 0 Å². The van der Waals surface area contributed by atoms with E-state index in [-0.39, 0.29) is 24.9 Å². The van der Waals surface area contributed by atoms with E-state index in [1.807, 2.05) is 24.3 Å². The second-order valence-electron chi connectivity index (χ2n) is 7.99. The third-order valence-corrected chi connectivity index (χ3v) is 4.76. The highest BCUT2D eigenvalue weighted by atomic mass is 16.5. The van der Waals surface area contributed by atoms with Crippen molar-refractivity contribution in [1.29, 1.82) is 0 Å². The topological polar surface area (TPSA) is 96.0 Å². The summed E-state index contributed by atoms with van der Waals surface area (Å²) in [5.41, 5.74) is 3.40. The Kier molecular flexibility index (Phi) is 9.49. The second kappa shape index (κ2) is 12.3. The van der Waals surface area contributed by atoms with Gasteiger partial charge in [0.05, 0.1) is 13.2 Å². The van der Waals surface area contributed by atoms with Crippen LogP contribution in [-0.2, 0) is 35.1 Å². The van der Waals surface area contributed by atoms with Crippen molar-refractivity contribution < 1.29 is 33.4 Å². The van der Waals surface area contributed by atoms with Crippen molar-refractivity contribution in [1.82, 2.24) is 0 Å². The van der Waals surface area contributed by atoms with Crippen LogP contribution in [0.1, 0.15) is 26.3 Å². The highest BCUT2D eigenvalue weighted by Gasteiger charge is 2.17. The molecule has 0 spiro atoms. The second-order valence-corrected chi connectivity index (χ2v) is 7.99. The van der Waals surface area contributed by atoms with Gasteiger partial charge in [0.2, 0.25) is 5.78 Å². The largest absolute Gasteiger partial charge is 0.462 e. The van der Waals surface area contributed by atoms with Crippen LogP contribution in [0, 0.1) is 5.92 Å². The maximum atomic E-state index is 11.8. The molecular weight excluding hydrogens is 436 g/mol. The first-order valence-electron chi connectivity index (χ1n) is 10.6. The van der Waals surface area contributed by atoms with E-state index in [1.165, 1.54) is 0 Å². The van der Waals surface area contributed by atoms with Crippen molar-refractivity contribution in [3.8, 4) is 16.9 Å². The number of hydrogen-bond donors (Lipinski definition) is 0. The number of carbonyl (C=O) groups excluding carboxylic acids is 4. The predicted octanol–water partition coefficient (Wildman–Crippen LogP) is 4.25. The lowest BCUT2D eigenvalue weighted by molar-refractivity contribution is -0.146. The Balaban J connectivity index is 2.06. The summed E-state index contributed by atoms with van der Waals surface area (Å²) in [4.78, 5) is 46.0. The van der Waals surface area contributed by atoms with Crippen molar-refractivity contribution in [2.24, 2.45) is 5.92 Å². The first-order valence-corrected chi connectivity index (χ1v) is 10.6. The third kappa shape index (κ3) is 8.16. The summed E-state index contributed by atoms with van der Waals surface area (Å²) in [6.45, 7) is 11.6. The Morgan fingerprint density at radius 2 is 1.15 bits per heavy atom. The molecule has 2 rings (SSSR count). The Hall–Kier alpha value is -4.00. The fourth-order valence-corrected chi connectivity index (χ4v) is 2.86. The van der Waals surface area contributed by atoms with E-state index in [4.69, 9.17) is 14.2 Å². The van der Waals surface area contributed by atoms with Gasteiger partial charge in [0.25, 0.3) is 0 Å². The number of carbonyl (C=O) groups is 4. The molecule has 0 heterocycles. The SMILES string of the molecule is C=C(C)C(=O)OCC(COC(=O)C(=C)C)Cc1ccc(-c2ccc(OC(=O)C(C)=O)cc2)cc1. The minimum absolute atomic E-state index is 0.0807. The Bertz CT molecular complexity index is 1050. The van der Waals surface area contributed by atoms with Crippen LogP contribution in [-0.4, -0.2) is 36.9 Å². The average Bonchev–Trinajstić information content (AvgIpc) is 2.81. The summed E-state index contributed by atoms with van der Waals surface area (Å²) < 4.78 is 15.5.